The van der Waals surface area contributed by atoms with Crippen molar-refractivity contribution in [3.63, 3.8) is 0 Å². The molecule has 1 aliphatic rings. The largest absolute Gasteiger partial charge is 0.487 e. The Balaban J connectivity index is 2.83. The van der Waals surface area contributed by atoms with Crippen molar-refractivity contribution in [3.8, 4) is 53.8 Å². The van der Waals surface area contributed by atoms with Crippen LogP contribution in [0, 0.1) is 25.1 Å². The van der Waals surface area contributed by atoms with Gasteiger partial charge in [-0.15, -0.1) is 0 Å². The predicted octanol–water partition coefficient (Wildman–Crippen LogP) is 2.66. The lowest BCUT2D eigenvalue weighted by Gasteiger charge is -2.32. The number of hydrogen-bond donors (Lipinski definition) is 0. The first-order valence-corrected chi connectivity index (χ1v) is 8.93. The molecule has 0 amide bonds. The van der Waals surface area contributed by atoms with Gasteiger partial charge in [-0.05, 0) is 20.8 Å². The quantitative estimate of drug-likeness (QED) is 0.615. The summed E-state index contributed by atoms with van der Waals surface area (Å²) in [5.41, 5.74) is 0.560. The van der Waals surface area contributed by atoms with Crippen LogP contribution in [0.1, 0.15) is 20.8 Å². The summed E-state index contributed by atoms with van der Waals surface area (Å²) in [5, 5.41) is 0. The van der Waals surface area contributed by atoms with Crippen molar-refractivity contribution in [3.05, 3.63) is 0 Å². The fourth-order valence-corrected chi connectivity index (χ4v) is 2.84. The number of terminal acetylenes is 2. The van der Waals surface area contributed by atoms with Crippen LogP contribution in [0.15, 0.2) is 0 Å². The van der Waals surface area contributed by atoms with Crippen LogP contribution in [-0.4, -0.2) is 46.1 Å². The van der Waals surface area contributed by atoms with Crippen LogP contribution in [0.3, 0.4) is 0 Å². The van der Waals surface area contributed by atoms with E-state index in [-0.39, 0.29) is 0 Å². The summed E-state index contributed by atoms with van der Waals surface area (Å²) in [6.45, 7) is 9.01. The minimum Gasteiger partial charge on any atom is -0.487 e. The third kappa shape index (κ3) is 4.45. The van der Waals surface area contributed by atoms with E-state index in [1.807, 2.05) is 25.7 Å². The van der Waals surface area contributed by atoms with Crippen LogP contribution in [-0.2, 0) is 4.74 Å². The highest BCUT2D eigenvalue weighted by Gasteiger charge is 2.34. The van der Waals surface area contributed by atoms with E-state index < -0.39 is 0 Å². The number of ether oxygens (including phenoxy) is 6. The molecule has 1 aliphatic heterocycles. The SMILES string of the molecule is C#COc1c(OCC)c(OCC)c(OCC)c(OC#C)c1N1CCOCC1. The molecule has 0 N–H and O–H groups in total. The van der Waals surface area contributed by atoms with Gasteiger partial charge in [-0.2, -0.15) is 0 Å². The van der Waals surface area contributed by atoms with Crippen LogP contribution in [0.25, 0.3) is 0 Å². The summed E-state index contributed by atoms with van der Waals surface area (Å²) in [5.74, 6) is 1.66. The van der Waals surface area contributed by atoms with E-state index in [1.54, 1.807) is 0 Å². The number of anilines is 1. The van der Waals surface area contributed by atoms with Gasteiger partial charge in [0.2, 0.25) is 28.7 Å². The summed E-state index contributed by atoms with van der Waals surface area (Å²) in [7, 11) is 0. The molecule has 0 saturated carbocycles. The van der Waals surface area contributed by atoms with E-state index in [1.165, 1.54) is 0 Å². The highest BCUT2D eigenvalue weighted by Crippen LogP contribution is 2.58. The predicted molar refractivity (Wildman–Crippen MR) is 102 cm³/mol. The molecule has 1 heterocycles. The average molecular weight is 375 g/mol. The summed E-state index contributed by atoms with van der Waals surface area (Å²) in [6, 6.07) is 0. The van der Waals surface area contributed by atoms with Crippen molar-refractivity contribution in [2.24, 2.45) is 0 Å². The molecule has 0 aliphatic carbocycles. The van der Waals surface area contributed by atoms with E-state index >= 15 is 0 Å². The molecule has 1 fully saturated rings. The lowest BCUT2D eigenvalue weighted by molar-refractivity contribution is 0.122. The van der Waals surface area contributed by atoms with Crippen LogP contribution in [0.4, 0.5) is 5.69 Å². The third-order valence-corrected chi connectivity index (χ3v) is 3.77. The van der Waals surface area contributed by atoms with E-state index in [0.29, 0.717) is 80.6 Å². The second-order valence-corrected chi connectivity index (χ2v) is 5.33. The number of morpholine rings is 1. The van der Waals surface area contributed by atoms with E-state index in [2.05, 4.69) is 12.2 Å². The average Bonchev–Trinajstić information content (AvgIpc) is 2.68. The van der Waals surface area contributed by atoms with Gasteiger partial charge in [0.05, 0.1) is 33.0 Å². The van der Waals surface area contributed by atoms with Crippen molar-refractivity contribution in [2.45, 2.75) is 20.8 Å². The molecular weight excluding hydrogens is 350 g/mol. The molecule has 1 aromatic rings. The first kappa shape index (κ1) is 20.4. The maximum absolute atomic E-state index is 5.83. The molecule has 0 aromatic heterocycles. The molecule has 0 unspecified atom stereocenters. The minimum absolute atomic E-state index is 0.304. The van der Waals surface area contributed by atoms with E-state index in [9.17, 15) is 0 Å². The van der Waals surface area contributed by atoms with Gasteiger partial charge in [0.25, 0.3) is 0 Å². The fraction of sp³-hybridized carbons (Fsp3) is 0.500. The Morgan fingerprint density at radius 2 is 1.19 bits per heavy atom. The molecule has 0 spiro atoms. The zero-order valence-electron chi connectivity index (χ0n) is 16.0. The van der Waals surface area contributed by atoms with E-state index in [4.69, 9.17) is 41.3 Å². The van der Waals surface area contributed by atoms with Gasteiger partial charge in [-0.3, -0.25) is 0 Å². The lowest BCUT2D eigenvalue weighted by atomic mass is 10.1. The summed E-state index contributed by atoms with van der Waals surface area (Å²) < 4.78 is 33.9. The summed E-state index contributed by atoms with van der Waals surface area (Å²) in [4.78, 5) is 2.02. The van der Waals surface area contributed by atoms with Gasteiger partial charge in [0, 0.05) is 13.1 Å². The van der Waals surface area contributed by atoms with Crippen molar-refractivity contribution < 1.29 is 28.4 Å². The Kier molecular flexibility index (Phi) is 7.79. The van der Waals surface area contributed by atoms with Crippen LogP contribution in [0.5, 0.6) is 28.7 Å². The Bertz CT molecular complexity index is 666. The van der Waals surface area contributed by atoms with Gasteiger partial charge >= 0.3 is 0 Å². The van der Waals surface area contributed by atoms with Gasteiger partial charge in [-0.1, -0.05) is 12.8 Å². The van der Waals surface area contributed by atoms with Crippen LogP contribution >= 0.6 is 0 Å². The minimum atomic E-state index is 0.304. The molecular formula is C20H25NO6. The normalized spacial score (nSPS) is 13.3. The molecule has 0 bridgehead atoms. The highest BCUT2D eigenvalue weighted by atomic mass is 16.6. The molecule has 1 aromatic carbocycles. The number of nitrogens with zero attached hydrogens (tertiary/aromatic N) is 1. The van der Waals surface area contributed by atoms with Gasteiger partial charge < -0.3 is 33.3 Å². The second-order valence-electron chi connectivity index (χ2n) is 5.33. The maximum atomic E-state index is 5.83. The maximum Gasteiger partial charge on any atom is 0.213 e. The van der Waals surface area contributed by atoms with Gasteiger partial charge in [0.15, 0.2) is 0 Å². The zero-order chi connectivity index (χ0) is 19.6. The summed E-state index contributed by atoms with van der Waals surface area (Å²) in [6.07, 6.45) is 15.3. The second kappa shape index (κ2) is 10.3. The highest BCUT2D eigenvalue weighted by molar-refractivity contribution is 5.82. The molecule has 7 heteroatoms. The Labute approximate surface area is 160 Å². The first-order valence-electron chi connectivity index (χ1n) is 8.93. The van der Waals surface area contributed by atoms with Crippen molar-refractivity contribution in [1.29, 1.82) is 0 Å². The summed E-state index contributed by atoms with van der Waals surface area (Å²) >= 11 is 0. The smallest absolute Gasteiger partial charge is 0.213 e. The van der Waals surface area contributed by atoms with Crippen molar-refractivity contribution >= 4 is 5.69 Å². The molecule has 27 heavy (non-hydrogen) atoms. The van der Waals surface area contributed by atoms with Gasteiger partial charge in [0.1, 0.15) is 17.9 Å². The Hall–Kier alpha value is -2.90. The monoisotopic (exact) mass is 375 g/mol. The number of benzene rings is 1. The first-order chi connectivity index (χ1) is 13.2. The van der Waals surface area contributed by atoms with Crippen LogP contribution in [0.2, 0.25) is 0 Å². The fourth-order valence-electron chi connectivity index (χ4n) is 2.84. The molecule has 2 rings (SSSR count). The number of hydrogen-bond acceptors (Lipinski definition) is 7. The van der Waals surface area contributed by atoms with Crippen molar-refractivity contribution in [2.75, 3.05) is 51.0 Å². The Morgan fingerprint density at radius 3 is 1.56 bits per heavy atom. The number of rotatable bonds is 9. The zero-order valence-corrected chi connectivity index (χ0v) is 16.0. The molecule has 0 atom stereocenters. The lowest BCUT2D eigenvalue weighted by Crippen LogP contribution is -2.36. The molecule has 0 radical (unpaired) electrons. The topological polar surface area (TPSA) is 58.6 Å². The Morgan fingerprint density at radius 1 is 0.778 bits per heavy atom. The third-order valence-electron chi connectivity index (χ3n) is 3.77. The molecule has 1 saturated heterocycles. The van der Waals surface area contributed by atoms with E-state index in [0.717, 1.165) is 0 Å². The molecule has 7 nitrogen and oxygen atoms in total. The standard InChI is InChI=1S/C20H25NO6/c1-6-23-16-15(21-11-13-22-14-12-21)17(24-7-2)19(26-9-4)20(27-10-5)18(16)25-8-3/h1-2H,8-14H2,3-5H3. The van der Waals surface area contributed by atoms with Crippen molar-refractivity contribution in [1.82, 2.24) is 0 Å². The molecule has 146 valence electrons. The van der Waals surface area contributed by atoms with Crippen LogP contribution < -0.4 is 28.6 Å². The van der Waals surface area contributed by atoms with Gasteiger partial charge in [-0.25, -0.2) is 0 Å².